The van der Waals surface area contributed by atoms with Crippen molar-refractivity contribution < 1.29 is 0 Å². The molecule has 0 aromatic heterocycles. The van der Waals surface area contributed by atoms with Gasteiger partial charge in [0, 0.05) is 31.2 Å². The van der Waals surface area contributed by atoms with Crippen molar-refractivity contribution in [3.8, 4) is 0 Å². The molecule has 0 radical (unpaired) electrons. The molecule has 2 heteroatoms. The Labute approximate surface area is 106 Å². The second-order valence-corrected chi connectivity index (χ2v) is 7.46. The SMILES string of the molecule is CC1CNC(C2CC2)CN1C1CCC(C)(C)C1. The van der Waals surface area contributed by atoms with Crippen LogP contribution in [0, 0.1) is 11.3 Å². The van der Waals surface area contributed by atoms with Crippen molar-refractivity contribution in [1.82, 2.24) is 10.2 Å². The summed E-state index contributed by atoms with van der Waals surface area (Å²) in [7, 11) is 0. The summed E-state index contributed by atoms with van der Waals surface area (Å²) in [5, 5.41) is 3.76. The Balaban J connectivity index is 1.64. The predicted molar refractivity (Wildman–Crippen MR) is 72.1 cm³/mol. The van der Waals surface area contributed by atoms with Gasteiger partial charge < -0.3 is 5.32 Å². The molecule has 3 rings (SSSR count). The predicted octanol–water partition coefficient (Wildman–Crippen LogP) is 2.64. The van der Waals surface area contributed by atoms with Crippen LogP contribution in [0.1, 0.15) is 52.9 Å². The van der Waals surface area contributed by atoms with Crippen LogP contribution in [0.25, 0.3) is 0 Å². The average Bonchev–Trinajstić information content (AvgIpc) is 3.04. The smallest absolute Gasteiger partial charge is 0.0224 e. The average molecular weight is 236 g/mol. The molecule has 2 aliphatic carbocycles. The Kier molecular flexibility index (Phi) is 2.99. The van der Waals surface area contributed by atoms with Crippen LogP contribution in [0.2, 0.25) is 0 Å². The van der Waals surface area contributed by atoms with Gasteiger partial charge in [0.1, 0.15) is 0 Å². The van der Waals surface area contributed by atoms with Crippen LogP contribution in [0.3, 0.4) is 0 Å². The Morgan fingerprint density at radius 1 is 1.18 bits per heavy atom. The monoisotopic (exact) mass is 236 g/mol. The molecular formula is C15H28N2. The molecule has 2 saturated carbocycles. The first kappa shape index (κ1) is 12.0. The molecule has 1 aliphatic heterocycles. The second kappa shape index (κ2) is 4.24. The van der Waals surface area contributed by atoms with Gasteiger partial charge in [-0.25, -0.2) is 0 Å². The zero-order valence-corrected chi connectivity index (χ0v) is 11.7. The largest absolute Gasteiger partial charge is 0.311 e. The van der Waals surface area contributed by atoms with E-state index in [4.69, 9.17) is 0 Å². The highest BCUT2D eigenvalue weighted by Gasteiger charge is 2.41. The Bertz CT molecular complexity index is 283. The fraction of sp³-hybridized carbons (Fsp3) is 1.00. The number of hydrogen-bond donors (Lipinski definition) is 1. The van der Waals surface area contributed by atoms with E-state index in [0.717, 1.165) is 24.0 Å². The summed E-state index contributed by atoms with van der Waals surface area (Å²) in [4.78, 5) is 2.83. The minimum atomic E-state index is 0.588. The van der Waals surface area contributed by atoms with Gasteiger partial charge in [0.15, 0.2) is 0 Å². The molecule has 2 nitrogen and oxygen atoms in total. The van der Waals surface area contributed by atoms with Crippen molar-refractivity contribution in [3.05, 3.63) is 0 Å². The molecule has 0 aromatic carbocycles. The lowest BCUT2D eigenvalue weighted by Gasteiger charge is -2.43. The molecule has 1 heterocycles. The van der Waals surface area contributed by atoms with E-state index in [9.17, 15) is 0 Å². The van der Waals surface area contributed by atoms with Gasteiger partial charge in [-0.1, -0.05) is 13.8 Å². The Morgan fingerprint density at radius 3 is 2.53 bits per heavy atom. The highest BCUT2D eigenvalue weighted by atomic mass is 15.3. The van der Waals surface area contributed by atoms with Crippen LogP contribution < -0.4 is 5.32 Å². The van der Waals surface area contributed by atoms with Gasteiger partial charge in [-0.3, -0.25) is 4.90 Å². The maximum atomic E-state index is 3.76. The molecular weight excluding hydrogens is 208 g/mol. The van der Waals surface area contributed by atoms with Crippen molar-refractivity contribution in [1.29, 1.82) is 0 Å². The third-order valence-corrected chi connectivity index (χ3v) is 5.25. The van der Waals surface area contributed by atoms with Gasteiger partial charge in [-0.15, -0.1) is 0 Å². The number of nitrogens with zero attached hydrogens (tertiary/aromatic N) is 1. The van der Waals surface area contributed by atoms with Crippen LogP contribution in [-0.4, -0.2) is 36.1 Å². The molecule has 1 N–H and O–H groups in total. The van der Waals surface area contributed by atoms with Gasteiger partial charge in [0.25, 0.3) is 0 Å². The van der Waals surface area contributed by atoms with Crippen molar-refractivity contribution in [2.24, 2.45) is 11.3 Å². The van der Waals surface area contributed by atoms with Gasteiger partial charge >= 0.3 is 0 Å². The van der Waals surface area contributed by atoms with Crippen molar-refractivity contribution in [2.45, 2.75) is 71.0 Å². The summed E-state index contributed by atoms with van der Waals surface area (Å²) in [5.41, 5.74) is 0.588. The molecule has 3 unspecified atom stereocenters. The molecule has 0 aromatic rings. The summed E-state index contributed by atoms with van der Waals surface area (Å²) in [5.74, 6) is 0.999. The van der Waals surface area contributed by atoms with E-state index in [1.54, 1.807) is 0 Å². The van der Waals surface area contributed by atoms with Crippen LogP contribution >= 0.6 is 0 Å². The quantitative estimate of drug-likeness (QED) is 0.793. The molecule has 98 valence electrons. The van der Waals surface area contributed by atoms with Crippen molar-refractivity contribution >= 4 is 0 Å². The zero-order valence-electron chi connectivity index (χ0n) is 11.7. The van der Waals surface area contributed by atoms with E-state index < -0.39 is 0 Å². The highest BCUT2D eigenvalue weighted by Crippen LogP contribution is 2.41. The summed E-state index contributed by atoms with van der Waals surface area (Å²) < 4.78 is 0. The van der Waals surface area contributed by atoms with E-state index in [0.29, 0.717) is 5.41 Å². The van der Waals surface area contributed by atoms with Crippen LogP contribution in [0.15, 0.2) is 0 Å². The standard InChI is InChI=1S/C15H28N2/c1-11-9-16-14(12-4-5-12)10-17(11)13-6-7-15(2,3)8-13/h11-14,16H,4-10H2,1-3H3. The lowest BCUT2D eigenvalue weighted by Crippen LogP contribution is -2.58. The molecule has 0 amide bonds. The van der Waals surface area contributed by atoms with Crippen molar-refractivity contribution in [3.63, 3.8) is 0 Å². The summed E-state index contributed by atoms with van der Waals surface area (Å²) in [6, 6.07) is 2.40. The Morgan fingerprint density at radius 2 is 1.94 bits per heavy atom. The third kappa shape index (κ3) is 2.53. The lowest BCUT2D eigenvalue weighted by molar-refractivity contribution is 0.0821. The van der Waals surface area contributed by atoms with Crippen LogP contribution in [0.5, 0.6) is 0 Å². The van der Waals surface area contributed by atoms with Gasteiger partial charge in [-0.05, 0) is 50.4 Å². The lowest BCUT2D eigenvalue weighted by atomic mass is 9.91. The maximum Gasteiger partial charge on any atom is 0.0224 e. The fourth-order valence-corrected chi connectivity index (χ4v) is 3.92. The van der Waals surface area contributed by atoms with Gasteiger partial charge in [-0.2, -0.15) is 0 Å². The number of nitrogens with one attached hydrogen (secondary N) is 1. The van der Waals surface area contributed by atoms with E-state index >= 15 is 0 Å². The van der Waals surface area contributed by atoms with E-state index in [1.807, 2.05) is 0 Å². The number of piperazine rings is 1. The van der Waals surface area contributed by atoms with E-state index in [2.05, 4.69) is 31.0 Å². The third-order valence-electron chi connectivity index (χ3n) is 5.25. The molecule has 0 spiro atoms. The van der Waals surface area contributed by atoms with Gasteiger partial charge in [0.05, 0.1) is 0 Å². The fourth-order valence-electron chi connectivity index (χ4n) is 3.92. The first-order valence-electron chi connectivity index (χ1n) is 7.54. The summed E-state index contributed by atoms with van der Waals surface area (Å²) in [6.07, 6.45) is 7.19. The summed E-state index contributed by atoms with van der Waals surface area (Å²) in [6.45, 7) is 9.81. The Hall–Kier alpha value is -0.0800. The molecule has 0 bridgehead atoms. The van der Waals surface area contributed by atoms with Crippen LogP contribution in [0.4, 0.5) is 0 Å². The summed E-state index contributed by atoms with van der Waals surface area (Å²) >= 11 is 0. The molecule has 3 atom stereocenters. The minimum Gasteiger partial charge on any atom is -0.311 e. The minimum absolute atomic E-state index is 0.588. The van der Waals surface area contributed by atoms with Crippen molar-refractivity contribution in [2.75, 3.05) is 13.1 Å². The van der Waals surface area contributed by atoms with Crippen LogP contribution in [-0.2, 0) is 0 Å². The highest BCUT2D eigenvalue weighted by molar-refractivity contribution is 4.98. The first-order chi connectivity index (χ1) is 8.05. The van der Waals surface area contributed by atoms with E-state index in [-0.39, 0.29) is 0 Å². The number of rotatable bonds is 2. The normalized spacial score (nSPS) is 42.9. The second-order valence-electron chi connectivity index (χ2n) is 7.46. The molecule has 17 heavy (non-hydrogen) atoms. The molecule has 3 fully saturated rings. The number of hydrogen-bond acceptors (Lipinski definition) is 2. The molecule has 1 saturated heterocycles. The van der Waals surface area contributed by atoms with E-state index in [1.165, 1.54) is 45.2 Å². The first-order valence-corrected chi connectivity index (χ1v) is 7.54. The zero-order chi connectivity index (χ0) is 12.0. The van der Waals surface area contributed by atoms with Gasteiger partial charge in [0.2, 0.25) is 0 Å². The molecule has 3 aliphatic rings. The topological polar surface area (TPSA) is 15.3 Å². The maximum absolute atomic E-state index is 3.76.